The van der Waals surface area contributed by atoms with Crippen LogP contribution in [0, 0.1) is 11.8 Å². The molecule has 0 spiro atoms. The Morgan fingerprint density at radius 3 is 3.22 bits per heavy atom. The van der Waals surface area contributed by atoms with E-state index in [4.69, 9.17) is 0 Å². The first-order valence-corrected chi connectivity index (χ1v) is 6.70. The van der Waals surface area contributed by atoms with Crippen molar-refractivity contribution in [3.63, 3.8) is 0 Å². The van der Waals surface area contributed by atoms with Gasteiger partial charge in [-0.1, -0.05) is 6.92 Å². The summed E-state index contributed by atoms with van der Waals surface area (Å²) in [6, 6.07) is 0. The maximum absolute atomic E-state index is 11.9. The quantitative estimate of drug-likeness (QED) is 0.806. The molecule has 18 heavy (non-hydrogen) atoms. The molecule has 2 unspecified atom stereocenters. The number of aromatic nitrogens is 2. The zero-order valence-corrected chi connectivity index (χ0v) is 10.9. The van der Waals surface area contributed by atoms with Crippen molar-refractivity contribution >= 4 is 5.91 Å². The largest absolute Gasteiger partial charge is 0.355 e. The minimum atomic E-state index is 0.152. The number of hydrogen-bond acceptors (Lipinski definition) is 3. The molecule has 1 aromatic heterocycles. The first-order chi connectivity index (χ1) is 8.75. The fourth-order valence-corrected chi connectivity index (χ4v) is 2.31. The van der Waals surface area contributed by atoms with E-state index in [-0.39, 0.29) is 11.8 Å². The van der Waals surface area contributed by atoms with Crippen LogP contribution in [0.4, 0.5) is 0 Å². The number of nitrogens with one attached hydrogen (secondary N) is 2. The third-order valence-corrected chi connectivity index (χ3v) is 3.37. The molecule has 0 bridgehead atoms. The summed E-state index contributed by atoms with van der Waals surface area (Å²) < 4.78 is 2.04. The third kappa shape index (κ3) is 3.84. The maximum Gasteiger partial charge on any atom is 0.224 e. The molecule has 0 saturated carbocycles. The van der Waals surface area contributed by atoms with E-state index >= 15 is 0 Å². The van der Waals surface area contributed by atoms with Crippen molar-refractivity contribution in [1.29, 1.82) is 0 Å². The topological polar surface area (TPSA) is 59.0 Å². The smallest absolute Gasteiger partial charge is 0.224 e. The summed E-state index contributed by atoms with van der Waals surface area (Å²) in [5.74, 6) is 0.763. The summed E-state index contributed by atoms with van der Waals surface area (Å²) in [6.45, 7) is 5.62. The fraction of sp³-hybridized carbons (Fsp3) is 0.692. The van der Waals surface area contributed by atoms with Crippen LogP contribution < -0.4 is 10.6 Å². The molecule has 2 heterocycles. The van der Waals surface area contributed by atoms with Crippen molar-refractivity contribution < 1.29 is 4.79 Å². The number of carbonyl (C=O) groups excluding carboxylic acids is 1. The monoisotopic (exact) mass is 250 g/mol. The second-order valence-electron chi connectivity index (χ2n) is 5.15. The highest BCUT2D eigenvalue weighted by Crippen LogP contribution is 2.10. The molecule has 2 rings (SSSR count). The van der Waals surface area contributed by atoms with Gasteiger partial charge in [-0.05, 0) is 25.3 Å². The van der Waals surface area contributed by atoms with E-state index in [0.29, 0.717) is 5.92 Å². The molecule has 0 aliphatic carbocycles. The summed E-state index contributed by atoms with van der Waals surface area (Å²) in [6.07, 6.45) is 7.64. The summed E-state index contributed by atoms with van der Waals surface area (Å²) in [7, 11) is 0. The molecule has 1 aliphatic rings. The van der Waals surface area contributed by atoms with Gasteiger partial charge in [0.2, 0.25) is 5.91 Å². The van der Waals surface area contributed by atoms with Gasteiger partial charge in [-0.3, -0.25) is 4.79 Å². The molecule has 100 valence electrons. The average Bonchev–Trinajstić information content (AvgIpc) is 2.90. The van der Waals surface area contributed by atoms with Gasteiger partial charge in [-0.2, -0.15) is 0 Å². The molecule has 5 nitrogen and oxygen atoms in total. The zero-order valence-electron chi connectivity index (χ0n) is 10.9. The molecular formula is C13H22N4O. The number of amides is 1. The van der Waals surface area contributed by atoms with Gasteiger partial charge in [-0.25, -0.2) is 4.98 Å². The minimum absolute atomic E-state index is 0.152. The summed E-state index contributed by atoms with van der Waals surface area (Å²) >= 11 is 0. The highest BCUT2D eigenvalue weighted by Gasteiger charge is 2.20. The normalized spacial score (nSPS) is 21.5. The molecule has 1 fully saturated rings. The fourth-order valence-electron chi connectivity index (χ4n) is 2.31. The highest BCUT2D eigenvalue weighted by atomic mass is 16.1. The molecule has 1 aliphatic heterocycles. The van der Waals surface area contributed by atoms with E-state index in [1.165, 1.54) is 0 Å². The third-order valence-electron chi connectivity index (χ3n) is 3.37. The molecule has 2 N–H and O–H groups in total. The van der Waals surface area contributed by atoms with E-state index in [2.05, 4.69) is 22.5 Å². The van der Waals surface area contributed by atoms with Crippen LogP contribution in [0.3, 0.4) is 0 Å². The van der Waals surface area contributed by atoms with Gasteiger partial charge >= 0.3 is 0 Å². The van der Waals surface area contributed by atoms with Crippen molar-refractivity contribution in [2.45, 2.75) is 26.3 Å². The number of imidazole rings is 1. The van der Waals surface area contributed by atoms with E-state index in [0.717, 1.165) is 39.0 Å². The SMILES string of the molecule is CC(CNC(=O)C1CCCNC1)Cn1ccnc1. The van der Waals surface area contributed by atoms with Crippen molar-refractivity contribution in [1.82, 2.24) is 20.2 Å². The predicted molar refractivity (Wildman–Crippen MR) is 70.0 cm³/mol. The van der Waals surface area contributed by atoms with E-state index < -0.39 is 0 Å². The van der Waals surface area contributed by atoms with Gasteiger partial charge < -0.3 is 15.2 Å². The number of piperidine rings is 1. The van der Waals surface area contributed by atoms with Crippen LogP contribution in [0.25, 0.3) is 0 Å². The Labute approximate surface area is 108 Å². The lowest BCUT2D eigenvalue weighted by Crippen LogP contribution is -2.42. The van der Waals surface area contributed by atoms with Gasteiger partial charge in [-0.15, -0.1) is 0 Å². The molecule has 1 aromatic rings. The molecule has 5 heteroatoms. The lowest BCUT2D eigenvalue weighted by Gasteiger charge is -2.23. The van der Waals surface area contributed by atoms with Crippen molar-refractivity contribution in [3.8, 4) is 0 Å². The van der Waals surface area contributed by atoms with Crippen LogP contribution in [0.2, 0.25) is 0 Å². The van der Waals surface area contributed by atoms with Gasteiger partial charge in [0, 0.05) is 32.0 Å². The number of carbonyl (C=O) groups is 1. The van der Waals surface area contributed by atoms with Crippen LogP contribution in [0.5, 0.6) is 0 Å². The van der Waals surface area contributed by atoms with Crippen LogP contribution in [0.15, 0.2) is 18.7 Å². The summed E-state index contributed by atoms with van der Waals surface area (Å²) in [5, 5.41) is 6.32. The Bertz CT molecular complexity index is 357. The number of hydrogen-bond donors (Lipinski definition) is 2. The Kier molecular flexibility index (Phi) is 4.75. The van der Waals surface area contributed by atoms with E-state index in [1.807, 2.05) is 17.1 Å². The van der Waals surface area contributed by atoms with E-state index in [1.54, 1.807) is 6.20 Å². The van der Waals surface area contributed by atoms with Crippen LogP contribution >= 0.6 is 0 Å². The molecule has 1 saturated heterocycles. The lowest BCUT2D eigenvalue weighted by molar-refractivity contribution is -0.125. The van der Waals surface area contributed by atoms with Gasteiger partial charge in [0.25, 0.3) is 0 Å². The second-order valence-corrected chi connectivity index (χ2v) is 5.15. The Morgan fingerprint density at radius 2 is 2.56 bits per heavy atom. The molecule has 0 radical (unpaired) electrons. The van der Waals surface area contributed by atoms with E-state index in [9.17, 15) is 4.79 Å². The molecule has 0 aromatic carbocycles. The summed E-state index contributed by atoms with van der Waals surface area (Å²) in [4.78, 5) is 15.9. The Balaban J connectivity index is 1.68. The molecule has 1 amide bonds. The lowest BCUT2D eigenvalue weighted by atomic mass is 9.98. The van der Waals surface area contributed by atoms with Gasteiger partial charge in [0.05, 0.1) is 12.2 Å². The first kappa shape index (κ1) is 13.1. The van der Waals surface area contributed by atoms with Crippen LogP contribution in [-0.4, -0.2) is 35.1 Å². The van der Waals surface area contributed by atoms with Gasteiger partial charge in [0.15, 0.2) is 0 Å². The molecular weight excluding hydrogens is 228 g/mol. The average molecular weight is 250 g/mol. The van der Waals surface area contributed by atoms with Crippen molar-refractivity contribution in [3.05, 3.63) is 18.7 Å². The van der Waals surface area contributed by atoms with Crippen LogP contribution in [0.1, 0.15) is 19.8 Å². The highest BCUT2D eigenvalue weighted by molar-refractivity contribution is 5.78. The minimum Gasteiger partial charge on any atom is -0.355 e. The number of nitrogens with zero attached hydrogens (tertiary/aromatic N) is 2. The zero-order chi connectivity index (χ0) is 12.8. The molecule has 2 atom stereocenters. The second kappa shape index (κ2) is 6.54. The van der Waals surface area contributed by atoms with Crippen molar-refractivity contribution in [2.24, 2.45) is 11.8 Å². The Morgan fingerprint density at radius 1 is 1.67 bits per heavy atom. The first-order valence-electron chi connectivity index (χ1n) is 6.70. The number of rotatable bonds is 5. The maximum atomic E-state index is 11.9. The standard InChI is InChI=1S/C13H22N4O/c1-11(9-17-6-5-15-10-17)7-16-13(18)12-3-2-4-14-8-12/h5-6,10-12,14H,2-4,7-9H2,1H3,(H,16,18). The van der Waals surface area contributed by atoms with Crippen molar-refractivity contribution in [2.75, 3.05) is 19.6 Å². The summed E-state index contributed by atoms with van der Waals surface area (Å²) in [5.41, 5.74) is 0. The predicted octanol–water partition coefficient (Wildman–Crippen LogP) is 0.635. The van der Waals surface area contributed by atoms with Gasteiger partial charge in [0.1, 0.15) is 0 Å². The Hall–Kier alpha value is -1.36. The van der Waals surface area contributed by atoms with Crippen LogP contribution in [-0.2, 0) is 11.3 Å².